The first-order valence-electron chi connectivity index (χ1n) is 5.12. The Labute approximate surface area is 94.1 Å². The van der Waals surface area contributed by atoms with E-state index in [2.05, 4.69) is 0 Å². The number of nitrogens with two attached hydrogens (primary N) is 1. The van der Waals surface area contributed by atoms with E-state index in [4.69, 9.17) is 5.73 Å². The van der Waals surface area contributed by atoms with Gasteiger partial charge in [-0.1, -0.05) is 26.8 Å². The van der Waals surface area contributed by atoms with Crippen LogP contribution in [0.2, 0.25) is 0 Å². The molecular formula is C12H17F2NO. The summed E-state index contributed by atoms with van der Waals surface area (Å²) >= 11 is 0. The molecule has 2 atom stereocenters. The molecule has 0 spiro atoms. The lowest BCUT2D eigenvalue weighted by Crippen LogP contribution is -2.37. The van der Waals surface area contributed by atoms with E-state index >= 15 is 0 Å². The molecule has 16 heavy (non-hydrogen) atoms. The Morgan fingerprint density at radius 1 is 1.25 bits per heavy atom. The van der Waals surface area contributed by atoms with Crippen LogP contribution in [0.25, 0.3) is 0 Å². The Morgan fingerprint density at radius 3 is 2.25 bits per heavy atom. The van der Waals surface area contributed by atoms with E-state index in [1.54, 1.807) is 20.8 Å². The van der Waals surface area contributed by atoms with Gasteiger partial charge >= 0.3 is 0 Å². The summed E-state index contributed by atoms with van der Waals surface area (Å²) < 4.78 is 26.1. The Balaban J connectivity index is 3.01. The van der Waals surface area contributed by atoms with Crippen LogP contribution < -0.4 is 5.73 Å². The fourth-order valence-electron chi connectivity index (χ4n) is 1.48. The summed E-state index contributed by atoms with van der Waals surface area (Å²) in [6.07, 6.45) is -0.896. The van der Waals surface area contributed by atoms with Gasteiger partial charge in [0.15, 0.2) is 0 Å². The summed E-state index contributed by atoms with van der Waals surface area (Å²) in [5, 5.41) is 9.92. The molecule has 0 fully saturated rings. The predicted molar refractivity (Wildman–Crippen MR) is 58.7 cm³/mol. The van der Waals surface area contributed by atoms with Gasteiger partial charge in [0.2, 0.25) is 0 Å². The molecule has 0 bridgehead atoms. The number of hydrogen-bond donors (Lipinski definition) is 2. The summed E-state index contributed by atoms with van der Waals surface area (Å²) in [5.41, 5.74) is 5.43. The number of benzene rings is 1. The molecule has 2 nitrogen and oxygen atoms in total. The van der Waals surface area contributed by atoms with Crippen LogP contribution in [0.15, 0.2) is 18.2 Å². The van der Waals surface area contributed by atoms with Crippen LogP contribution in [0, 0.1) is 17.0 Å². The van der Waals surface area contributed by atoms with Gasteiger partial charge < -0.3 is 10.8 Å². The Morgan fingerprint density at radius 2 is 1.81 bits per heavy atom. The Kier molecular flexibility index (Phi) is 3.65. The fourth-order valence-corrected chi connectivity index (χ4v) is 1.48. The van der Waals surface area contributed by atoms with Gasteiger partial charge in [-0.15, -0.1) is 0 Å². The molecule has 0 aliphatic rings. The number of hydrogen-bond acceptors (Lipinski definition) is 2. The maximum absolute atomic E-state index is 13.4. The van der Waals surface area contributed by atoms with Crippen molar-refractivity contribution in [3.63, 3.8) is 0 Å². The van der Waals surface area contributed by atoms with Crippen molar-refractivity contribution in [3.8, 4) is 0 Å². The zero-order chi connectivity index (χ0) is 12.5. The van der Waals surface area contributed by atoms with Gasteiger partial charge in [0.05, 0.1) is 12.1 Å². The first-order chi connectivity index (χ1) is 7.23. The lowest BCUT2D eigenvalue weighted by atomic mass is 9.82. The van der Waals surface area contributed by atoms with Crippen molar-refractivity contribution in [1.29, 1.82) is 0 Å². The van der Waals surface area contributed by atoms with Crippen LogP contribution in [0.4, 0.5) is 8.78 Å². The van der Waals surface area contributed by atoms with Crippen LogP contribution in [0.1, 0.15) is 32.4 Å². The average molecular weight is 229 g/mol. The molecule has 3 N–H and O–H groups in total. The van der Waals surface area contributed by atoms with Crippen molar-refractivity contribution in [2.24, 2.45) is 11.1 Å². The highest BCUT2D eigenvalue weighted by molar-refractivity contribution is 5.23. The van der Waals surface area contributed by atoms with Gasteiger partial charge in [-0.05, 0) is 11.5 Å². The third-order valence-electron chi connectivity index (χ3n) is 2.55. The molecule has 0 heterocycles. The number of aliphatic hydroxyl groups excluding tert-OH is 1. The number of rotatable bonds is 2. The molecule has 0 unspecified atom stereocenters. The van der Waals surface area contributed by atoms with Crippen molar-refractivity contribution < 1.29 is 13.9 Å². The molecule has 0 amide bonds. The quantitative estimate of drug-likeness (QED) is 0.817. The normalized spacial score (nSPS) is 15.9. The second kappa shape index (κ2) is 4.47. The molecule has 0 aromatic heterocycles. The molecule has 0 aliphatic heterocycles. The summed E-state index contributed by atoms with van der Waals surface area (Å²) in [6.45, 7) is 5.41. The standard InChI is InChI=1S/C12H17F2NO/c1-12(2,3)11(16)10(15)8-5-4-7(13)6-9(8)14/h4-6,10-11,16H,15H2,1-3H3/t10-,11-/m0/s1. The second-order valence-corrected chi connectivity index (χ2v) is 5.00. The maximum atomic E-state index is 13.4. The topological polar surface area (TPSA) is 46.2 Å². The van der Waals surface area contributed by atoms with E-state index < -0.39 is 29.2 Å². The molecule has 0 radical (unpaired) electrons. The minimum absolute atomic E-state index is 0.129. The minimum atomic E-state index is -0.896. The van der Waals surface area contributed by atoms with Crippen LogP contribution in [-0.4, -0.2) is 11.2 Å². The summed E-state index contributed by atoms with van der Waals surface area (Å²) in [4.78, 5) is 0. The molecule has 1 aromatic carbocycles. The van der Waals surface area contributed by atoms with Crippen molar-refractivity contribution >= 4 is 0 Å². The lowest BCUT2D eigenvalue weighted by molar-refractivity contribution is 0.0391. The average Bonchev–Trinajstić information content (AvgIpc) is 2.14. The molecule has 4 heteroatoms. The summed E-state index contributed by atoms with van der Waals surface area (Å²) in [7, 11) is 0. The predicted octanol–water partition coefficient (Wildman–Crippen LogP) is 2.37. The van der Waals surface area contributed by atoms with Crippen molar-refractivity contribution in [2.75, 3.05) is 0 Å². The van der Waals surface area contributed by atoms with Crippen molar-refractivity contribution in [3.05, 3.63) is 35.4 Å². The van der Waals surface area contributed by atoms with Crippen LogP contribution in [0.3, 0.4) is 0 Å². The van der Waals surface area contributed by atoms with Crippen LogP contribution in [0.5, 0.6) is 0 Å². The third kappa shape index (κ3) is 2.77. The largest absolute Gasteiger partial charge is 0.391 e. The second-order valence-electron chi connectivity index (χ2n) is 5.00. The molecule has 0 saturated carbocycles. The minimum Gasteiger partial charge on any atom is -0.391 e. The van der Waals surface area contributed by atoms with Crippen LogP contribution >= 0.6 is 0 Å². The highest BCUT2D eigenvalue weighted by Gasteiger charge is 2.30. The zero-order valence-corrected chi connectivity index (χ0v) is 9.67. The van der Waals surface area contributed by atoms with Crippen LogP contribution in [-0.2, 0) is 0 Å². The van der Waals surface area contributed by atoms with E-state index in [0.717, 1.165) is 12.1 Å². The number of halogens is 2. The maximum Gasteiger partial charge on any atom is 0.130 e. The molecule has 1 aromatic rings. The van der Waals surface area contributed by atoms with Gasteiger partial charge in [0.25, 0.3) is 0 Å². The highest BCUT2D eigenvalue weighted by Crippen LogP contribution is 2.29. The van der Waals surface area contributed by atoms with Gasteiger partial charge in [-0.3, -0.25) is 0 Å². The Hall–Kier alpha value is -1.00. The van der Waals surface area contributed by atoms with Crippen molar-refractivity contribution in [2.45, 2.75) is 32.9 Å². The highest BCUT2D eigenvalue weighted by atomic mass is 19.1. The molecular weight excluding hydrogens is 212 g/mol. The zero-order valence-electron chi connectivity index (χ0n) is 9.67. The molecule has 0 aliphatic carbocycles. The molecule has 0 saturated heterocycles. The summed E-state index contributed by atoms with van der Waals surface area (Å²) in [6, 6.07) is 2.31. The van der Waals surface area contributed by atoms with E-state index in [1.807, 2.05) is 0 Å². The SMILES string of the molecule is CC(C)(C)[C@@H](O)[C@@H](N)c1ccc(F)cc1F. The van der Waals surface area contributed by atoms with Gasteiger partial charge in [0, 0.05) is 11.6 Å². The first kappa shape index (κ1) is 13.1. The molecule has 1 rings (SSSR count). The van der Waals surface area contributed by atoms with Gasteiger partial charge in [0.1, 0.15) is 11.6 Å². The van der Waals surface area contributed by atoms with Crippen molar-refractivity contribution in [1.82, 2.24) is 0 Å². The van der Waals surface area contributed by atoms with Gasteiger partial charge in [-0.2, -0.15) is 0 Å². The van der Waals surface area contributed by atoms with E-state index in [1.165, 1.54) is 6.07 Å². The first-order valence-corrected chi connectivity index (χ1v) is 5.12. The fraction of sp³-hybridized carbons (Fsp3) is 0.500. The smallest absolute Gasteiger partial charge is 0.130 e. The van der Waals surface area contributed by atoms with E-state index in [0.29, 0.717) is 0 Å². The van der Waals surface area contributed by atoms with E-state index in [9.17, 15) is 13.9 Å². The Bertz CT molecular complexity index is 374. The van der Waals surface area contributed by atoms with Gasteiger partial charge in [-0.25, -0.2) is 8.78 Å². The third-order valence-corrected chi connectivity index (χ3v) is 2.55. The van der Waals surface area contributed by atoms with E-state index in [-0.39, 0.29) is 5.56 Å². The number of aliphatic hydroxyl groups is 1. The lowest BCUT2D eigenvalue weighted by Gasteiger charge is -2.31. The monoisotopic (exact) mass is 229 g/mol. The molecule has 90 valence electrons. The summed E-state index contributed by atoms with van der Waals surface area (Å²) in [5.74, 6) is -1.38.